The summed E-state index contributed by atoms with van der Waals surface area (Å²) in [7, 11) is 0. The number of imidazole rings is 2. The molecule has 2 aromatic heterocycles. The van der Waals surface area contributed by atoms with Crippen LogP contribution in [0.3, 0.4) is 0 Å². The van der Waals surface area contributed by atoms with Crippen molar-refractivity contribution in [1.82, 2.24) is 19.9 Å². The van der Waals surface area contributed by atoms with Gasteiger partial charge in [0.2, 0.25) is 0 Å². The minimum Gasteiger partial charge on any atom is -0.486 e. The highest BCUT2D eigenvalue weighted by atomic mass is 16.6. The lowest BCUT2D eigenvalue weighted by molar-refractivity contribution is -0.384. The van der Waals surface area contributed by atoms with Gasteiger partial charge in [-0.2, -0.15) is 0 Å². The highest BCUT2D eigenvalue weighted by molar-refractivity contribution is 5.80. The van der Waals surface area contributed by atoms with E-state index >= 15 is 0 Å². The van der Waals surface area contributed by atoms with Crippen molar-refractivity contribution in [1.29, 1.82) is 0 Å². The number of nitro groups is 1. The second kappa shape index (κ2) is 7.00. The number of hydrogen-bond acceptors (Lipinski definition) is 5. The average Bonchev–Trinajstić information content (AvgIpc) is 3.35. The summed E-state index contributed by atoms with van der Waals surface area (Å²) in [6.45, 7) is 2.28. The van der Waals surface area contributed by atoms with Crippen LogP contribution in [0.2, 0.25) is 0 Å². The van der Waals surface area contributed by atoms with Gasteiger partial charge >= 0.3 is 0 Å². The van der Waals surface area contributed by atoms with Crippen LogP contribution in [0.25, 0.3) is 33.5 Å². The predicted octanol–water partition coefficient (Wildman–Crippen LogP) is 4.90. The van der Waals surface area contributed by atoms with E-state index in [2.05, 4.69) is 32.9 Å². The van der Waals surface area contributed by atoms with E-state index in [1.807, 2.05) is 36.4 Å². The van der Waals surface area contributed by atoms with Crippen LogP contribution in [0.5, 0.6) is 5.75 Å². The zero-order valence-electron chi connectivity index (χ0n) is 16.0. The fraction of sp³-hybridized carbons (Fsp3) is 0.0909. The van der Waals surface area contributed by atoms with Crippen LogP contribution < -0.4 is 4.74 Å². The van der Waals surface area contributed by atoms with Crippen LogP contribution >= 0.6 is 0 Å². The summed E-state index contributed by atoms with van der Waals surface area (Å²) < 4.78 is 5.81. The summed E-state index contributed by atoms with van der Waals surface area (Å²) in [4.78, 5) is 25.9. The Hall–Kier alpha value is -4.20. The lowest BCUT2D eigenvalue weighted by Gasteiger charge is -2.04. The van der Waals surface area contributed by atoms with Gasteiger partial charge in [-0.15, -0.1) is 0 Å². The molecule has 5 rings (SSSR count). The van der Waals surface area contributed by atoms with Crippen molar-refractivity contribution < 1.29 is 9.66 Å². The third-order valence-electron chi connectivity index (χ3n) is 4.87. The van der Waals surface area contributed by atoms with E-state index in [9.17, 15) is 10.1 Å². The second-order valence-electron chi connectivity index (χ2n) is 7.06. The minimum absolute atomic E-state index is 0.0231. The number of aromatic nitrogens is 4. The molecule has 0 spiro atoms. The third kappa shape index (κ3) is 3.35. The first-order valence-electron chi connectivity index (χ1n) is 9.38. The van der Waals surface area contributed by atoms with E-state index in [0.717, 1.165) is 22.4 Å². The fourth-order valence-electron chi connectivity index (χ4n) is 3.35. The van der Waals surface area contributed by atoms with Gasteiger partial charge in [0, 0.05) is 17.7 Å². The number of ether oxygens (including phenoxy) is 1. The van der Waals surface area contributed by atoms with Gasteiger partial charge < -0.3 is 14.7 Å². The van der Waals surface area contributed by atoms with Crippen LogP contribution in [-0.4, -0.2) is 24.9 Å². The van der Waals surface area contributed by atoms with Gasteiger partial charge in [-0.1, -0.05) is 6.07 Å². The Labute approximate surface area is 170 Å². The molecule has 3 aromatic carbocycles. The summed E-state index contributed by atoms with van der Waals surface area (Å²) in [5.41, 5.74) is 5.38. The van der Waals surface area contributed by atoms with Crippen LogP contribution in [0, 0.1) is 17.0 Å². The molecule has 148 valence electrons. The summed E-state index contributed by atoms with van der Waals surface area (Å²) in [5.74, 6) is 2.10. The SMILES string of the molecule is Cc1ccc2nc(-c3ccc(OCc4nc5ccc([N+](=O)[O-])cc5[nH]4)cc3)[nH]c2c1. The first-order chi connectivity index (χ1) is 14.5. The van der Waals surface area contributed by atoms with E-state index in [1.54, 1.807) is 6.07 Å². The van der Waals surface area contributed by atoms with Crippen LogP contribution in [0.1, 0.15) is 11.4 Å². The normalized spacial score (nSPS) is 11.2. The molecule has 0 amide bonds. The molecule has 30 heavy (non-hydrogen) atoms. The topological polar surface area (TPSA) is 110 Å². The van der Waals surface area contributed by atoms with E-state index < -0.39 is 4.92 Å². The molecule has 8 nitrogen and oxygen atoms in total. The second-order valence-corrected chi connectivity index (χ2v) is 7.06. The first kappa shape index (κ1) is 17.9. The molecule has 0 aliphatic carbocycles. The van der Waals surface area contributed by atoms with Crippen molar-refractivity contribution in [3.05, 3.63) is 82.2 Å². The molecular weight excluding hydrogens is 382 g/mol. The predicted molar refractivity (Wildman–Crippen MR) is 113 cm³/mol. The molecule has 0 saturated carbocycles. The van der Waals surface area contributed by atoms with E-state index in [4.69, 9.17) is 4.74 Å². The zero-order chi connectivity index (χ0) is 20.7. The number of hydrogen-bond donors (Lipinski definition) is 2. The molecule has 0 bridgehead atoms. The molecule has 0 aliphatic heterocycles. The summed E-state index contributed by atoms with van der Waals surface area (Å²) in [6, 6.07) is 18.3. The maximum Gasteiger partial charge on any atom is 0.271 e. The Balaban J connectivity index is 1.31. The van der Waals surface area contributed by atoms with Crippen molar-refractivity contribution in [2.24, 2.45) is 0 Å². The van der Waals surface area contributed by atoms with Gasteiger partial charge in [0.25, 0.3) is 5.69 Å². The van der Waals surface area contributed by atoms with Crippen LogP contribution in [0.4, 0.5) is 5.69 Å². The number of rotatable bonds is 5. The van der Waals surface area contributed by atoms with Gasteiger partial charge in [0.15, 0.2) is 0 Å². The molecule has 0 atom stereocenters. The lowest BCUT2D eigenvalue weighted by atomic mass is 10.2. The molecular formula is C22H17N5O3. The first-order valence-corrected chi connectivity index (χ1v) is 9.38. The third-order valence-corrected chi connectivity index (χ3v) is 4.87. The standard InChI is InChI=1S/C22H17N5O3/c1-13-2-8-18-19(10-13)26-22(25-18)14-3-6-16(7-4-14)30-12-21-23-17-9-5-15(27(28)29)11-20(17)24-21/h2-11H,12H2,1H3,(H,23,24)(H,25,26). The van der Waals surface area contributed by atoms with Gasteiger partial charge in [-0.3, -0.25) is 10.1 Å². The smallest absolute Gasteiger partial charge is 0.271 e. The molecule has 5 aromatic rings. The Morgan fingerprint density at radius 3 is 2.47 bits per heavy atom. The Morgan fingerprint density at radius 2 is 1.67 bits per heavy atom. The number of nitrogens with zero attached hydrogens (tertiary/aromatic N) is 3. The Morgan fingerprint density at radius 1 is 0.933 bits per heavy atom. The van der Waals surface area contributed by atoms with Crippen molar-refractivity contribution in [3.8, 4) is 17.1 Å². The van der Waals surface area contributed by atoms with Crippen LogP contribution in [0.15, 0.2) is 60.7 Å². The van der Waals surface area contributed by atoms with Crippen molar-refractivity contribution in [2.75, 3.05) is 0 Å². The maximum absolute atomic E-state index is 10.9. The van der Waals surface area contributed by atoms with Crippen molar-refractivity contribution in [3.63, 3.8) is 0 Å². The lowest BCUT2D eigenvalue weighted by Crippen LogP contribution is -1.97. The fourth-order valence-corrected chi connectivity index (χ4v) is 3.35. The summed E-state index contributed by atoms with van der Waals surface area (Å²) in [6.07, 6.45) is 0. The minimum atomic E-state index is -0.429. The quantitative estimate of drug-likeness (QED) is 0.323. The van der Waals surface area contributed by atoms with Crippen molar-refractivity contribution in [2.45, 2.75) is 13.5 Å². The maximum atomic E-state index is 10.9. The van der Waals surface area contributed by atoms with Gasteiger partial charge in [-0.25, -0.2) is 9.97 Å². The molecule has 0 aliphatic rings. The number of non-ortho nitro benzene ring substituents is 1. The van der Waals surface area contributed by atoms with Gasteiger partial charge in [0.05, 0.1) is 27.0 Å². The number of fused-ring (bicyclic) bond motifs is 2. The molecule has 2 N–H and O–H groups in total. The number of nitrogens with one attached hydrogen (secondary N) is 2. The molecule has 0 unspecified atom stereocenters. The number of nitro benzene ring substituents is 1. The van der Waals surface area contributed by atoms with Gasteiger partial charge in [-0.05, 0) is 55.0 Å². The number of aromatic amines is 2. The number of H-pyrrole nitrogens is 2. The molecule has 0 radical (unpaired) electrons. The zero-order valence-corrected chi connectivity index (χ0v) is 16.0. The van der Waals surface area contributed by atoms with Crippen LogP contribution in [-0.2, 0) is 6.61 Å². The highest BCUT2D eigenvalue weighted by Crippen LogP contribution is 2.24. The molecule has 0 saturated heterocycles. The monoisotopic (exact) mass is 399 g/mol. The number of benzene rings is 3. The molecule has 0 fully saturated rings. The van der Waals surface area contributed by atoms with E-state index in [0.29, 0.717) is 22.6 Å². The summed E-state index contributed by atoms with van der Waals surface area (Å²) >= 11 is 0. The van der Waals surface area contributed by atoms with E-state index in [1.165, 1.54) is 17.7 Å². The average molecular weight is 399 g/mol. The molecule has 2 heterocycles. The molecule has 8 heteroatoms. The largest absolute Gasteiger partial charge is 0.486 e. The van der Waals surface area contributed by atoms with Gasteiger partial charge in [0.1, 0.15) is 24.0 Å². The Kier molecular flexibility index (Phi) is 4.17. The van der Waals surface area contributed by atoms with Crippen molar-refractivity contribution >= 4 is 27.8 Å². The number of aryl methyl sites for hydroxylation is 1. The highest BCUT2D eigenvalue weighted by Gasteiger charge is 2.10. The van der Waals surface area contributed by atoms with E-state index in [-0.39, 0.29) is 12.3 Å². The summed E-state index contributed by atoms with van der Waals surface area (Å²) in [5, 5.41) is 10.9. The Bertz CT molecular complexity index is 1390.